The van der Waals surface area contributed by atoms with E-state index in [-0.39, 0.29) is 11.6 Å². The van der Waals surface area contributed by atoms with E-state index >= 15 is 0 Å². The number of carbonyl (C=O) groups excluding carboxylic acids is 1. The van der Waals surface area contributed by atoms with Crippen molar-refractivity contribution in [2.45, 2.75) is 25.3 Å². The van der Waals surface area contributed by atoms with E-state index in [0.717, 1.165) is 26.1 Å². The van der Waals surface area contributed by atoms with Gasteiger partial charge in [0.25, 0.3) is 5.91 Å². The number of nitrogens with two attached hydrogens (primary N) is 1. The summed E-state index contributed by atoms with van der Waals surface area (Å²) in [5.41, 5.74) is 2.69. The molecule has 21 heavy (non-hydrogen) atoms. The Morgan fingerprint density at radius 2 is 2.14 bits per heavy atom. The summed E-state index contributed by atoms with van der Waals surface area (Å²) in [4.78, 5) is 16.9. The van der Waals surface area contributed by atoms with Gasteiger partial charge in [0.15, 0.2) is 0 Å². The molecule has 0 aromatic heterocycles. The molecule has 3 N–H and O–H groups in total. The Morgan fingerprint density at radius 1 is 1.29 bits per heavy atom. The molecule has 2 aliphatic heterocycles. The van der Waals surface area contributed by atoms with Crippen LogP contribution in [0.4, 0.5) is 10.1 Å². The zero-order valence-electron chi connectivity index (χ0n) is 12.0. The van der Waals surface area contributed by atoms with Crippen molar-refractivity contribution >= 4 is 11.6 Å². The minimum absolute atomic E-state index is 0.0774. The fourth-order valence-electron chi connectivity index (χ4n) is 3.36. The maximum Gasteiger partial charge on any atom is 0.256 e. The number of para-hydroxylation sites is 1. The van der Waals surface area contributed by atoms with Crippen LogP contribution in [-0.2, 0) is 0 Å². The number of anilines is 1. The van der Waals surface area contributed by atoms with Crippen molar-refractivity contribution in [1.29, 1.82) is 0 Å². The molecule has 6 heteroatoms. The largest absolute Gasteiger partial charge is 0.336 e. The highest BCUT2D eigenvalue weighted by Crippen LogP contribution is 2.25. The van der Waals surface area contributed by atoms with Gasteiger partial charge in [-0.3, -0.25) is 15.5 Å². The number of carbonyl (C=O) groups is 1. The van der Waals surface area contributed by atoms with Crippen molar-refractivity contribution < 1.29 is 9.18 Å². The highest BCUT2D eigenvalue weighted by molar-refractivity contribution is 5.99. The molecule has 0 saturated carbocycles. The minimum atomic E-state index is -0.500. The van der Waals surface area contributed by atoms with E-state index in [0.29, 0.717) is 18.2 Å². The average Bonchev–Trinajstić information content (AvgIpc) is 2.53. The van der Waals surface area contributed by atoms with Crippen LogP contribution in [0.5, 0.6) is 0 Å². The molecule has 3 rings (SSSR count). The predicted molar refractivity (Wildman–Crippen MR) is 79.3 cm³/mol. The molecule has 0 radical (unpaired) electrons. The van der Waals surface area contributed by atoms with Gasteiger partial charge in [0.05, 0.1) is 11.3 Å². The second-order valence-corrected chi connectivity index (χ2v) is 5.74. The Kier molecular flexibility index (Phi) is 4.07. The van der Waals surface area contributed by atoms with Gasteiger partial charge < -0.3 is 10.3 Å². The first kappa shape index (κ1) is 14.3. The van der Waals surface area contributed by atoms with Crippen LogP contribution in [-0.4, -0.2) is 47.9 Å². The molecule has 114 valence electrons. The molecule has 1 amide bonds. The van der Waals surface area contributed by atoms with E-state index < -0.39 is 5.82 Å². The van der Waals surface area contributed by atoms with Crippen LogP contribution in [0.2, 0.25) is 0 Å². The number of nitrogens with zero attached hydrogens (tertiary/aromatic N) is 2. The Bertz CT molecular complexity index is 536. The Labute approximate surface area is 123 Å². The molecular formula is C15H21FN4O. The molecular weight excluding hydrogens is 271 g/mol. The smallest absolute Gasteiger partial charge is 0.256 e. The molecule has 1 atom stereocenters. The van der Waals surface area contributed by atoms with Crippen LogP contribution >= 0.6 is 0 Å². The zero-order chi connectivity index (χ0) is 14.8. The molecule has 5 nitrogen and oxygen atoms in total. The lowest BCUT2D eigenvalue weighted by Crippen LogP contribution is -2.56. The molecule has 0 spiro atoms. The van der Waals surface area contributed by atoms with Crippen molar-refractivity contribution in [1.82, 2.24) is 9.80 Å². The maximum atomic E-state index is 13.7. The third-order valence-electron chi connectivity index (χ3n) is 4.51. The third kappa shape index (κ3) is 2.73. The van der Waals surface area contributed by atoms with Gasteiger partial charge in [-0.1, -0.05) is 12.5 Å². The van der Waals surface area contributed by atoms with Crippen molar-refractivity contribution in [3.63, 3.8) is 0 Å². The monoisotopic (exact) mass is 292 g/mol. The molecule has 2 fully saturated rings. The fourth-order valence-corrected chi connectivity index (χ4v) is 3.36. The van der Waals surface area contributed by atoms with Gasteiger partial charge in [-0.2, -0.15) is 0 Å². The molecule has 2 saturated heterocycles. The minimum Gasteiger partial charge on any atom is -0.336 e. The van der Waals surface area contributed by atoms with Crippen molar-refractivity contribution in [2.75, 3.05) is 31.6 Å². The number of hydrogen-bond donors (Lipinski definition) is 2. The van der Waals surface area contributed by atoms with E-state index in [1.165, 1.54) is 18.9 Å². The molecule has 2 aliphatic rings. The summed E-state index contributed by atoms with van der Waals surface area (Å²) >= 11 is 0. The van der Waals surface area contributed by atoms with Crippen LogP contribution in [0.3, 0.4) is 0 Å². The van der Waals surface area contributed by atoms with Crippen LogP contribution in [0.15, 0.2) is 18.2 Å². The van der Waals surface area contributed by atoms with Crippen molar-refractivity contribution in [3.8, 4) is 0 Å². The summed E-state index contributed by atoms with van der Waals surface area (Å²) in [6.07, 6.45) is 3.60. The number of hydrogen-bond acceptors (Lipinski definition) is 4. The van der Waals surface area contributed by atoms with Gasteiger partial charge in [0.1, 0.15) is 5.82 Å². The summed E-state index contributed by atoms with van der Waals surface area (Å²) in [5.74, 6) is 4.71. The maximum absolute atomic E-state index is 13.7. The molecule has 0 aliphatic carbocycles. The number of amides is 1. The van der Waals surface area contributed by atoms with Crippen LogP contribution in [0.25, 0.3) is 0 Å². The van der Waals surface area contributed by atoms with Gasteiger partial charge in [-0.05, 0) is 31.5 Å². The second kappa shape index (κ2) is 5.99. The summed E-state index contributed by atoms with van der Waals surface area (Å²) in [6, 6.07) is 4.90. The SMILES string of the molecule is NNc1c(F)cccc1C(=O)N1CCN2CCCCC2C1. The number of nitrogens with one attached hydrogen (secondary N) is 1. The number of piperazine rings is 1. The van der Waals surface area contributed by atoms with Gasteiger partial charge in [0.2, 0.25) is 0 Å². The standard InChI is InChI=1S/C15H21FN4O/c16-13-6-3-5-12(14(13)18-17)15(21)20-9-8-19-7-2-1-4-11(19)10-20/h3,5-6,11,18H,1-2,4,7-10,17H2. The quantitative estimate of drug-likeness (QED) is 0.639. The lowest BCUT2D eigenvalue weighted by molar-refractivity contribution is 0.0373. The number of rotatable bonds is 2. The first-order valence-electron chi connectivity index (χ1n) is 7.49. The molecule has 1 aromatic rings. The first-order valence-corrected chi connectivity index (χ1v) is 7.49. The highest BCUT2D eigenvalue weighted by atomic mass is 19.1. The zero-order valence-corrected chi connectivity index (χ0v) is 12.0. The number of benzene rings is 1. The second-order valence-electron chi connectivity index (χ2n) is 5.74. The van der Waals surface area contributed by atoms with E-state index in [2.05, 4.69) is 10.3 Å². The van der Waals surface area contributed by atoms with Gasteiger partial charge in [-0.25, -0.2) is 4.39 Å². The summed E-state index contributed by atoms with van der Waals surface area (Å²) < 4.78 is 13.7. The Balaban J connectivity index is 1.78. The Morgan fingerprint density at radius 3 is 2.95 bits per heavy atom. The third-order valence-corrected chi connectivity index (χ3v) is 4.51. The number of hydrazine groups is 1. The number of fused-ring (bicyclic) bond motifs is 1. The summed E-state index contributed by atoms with van der Waals surface area (Å²) in [5, 5.41) is 0. The van der Waals surface area contributed by atoms with Crippen LogP contribution in [0, 0.1) is 5.82 Å². The highest BCUT2D eigenvalue weighted by Gasteiger charge is 2.32. The van der Waals surface area contributed by atoms with E-state index in [1.807, 2.05) is 4.90 Å². The number of piperidine rings is 1. The van der Waals surface area contributed by atoms with Crippen molar-refractivity contribution in [3.05, 3.63) is 29.6 Å². The number of nitrogen functional groups attached to an aromatic ring is 1. The lowest BCUT2D eigenvalue weighted by atomic mass is 9.99. The summed E-state index contributed by atoms with van der Waals surface area (Å²) in [6.45, 7) is 3.44. The lowest BCUT2D eigenvalue weighted by Gasteiger charge is -2.44. The molecule has 1 aromatic carbocycles. The summed E-state index contributed by atoms with van der Waals surface area (Å²) in [7, 11) is 0. The normalized spacial score (nSPS) is 22.8. The van der Waals surface area contributed by atoms with E-state index in [4.69, 9.17) is 5.84 Å². The molecule has 1 unspecified atom stereocenters. The number of halogens is 1. The van der Waals surface area contributed by atoms with Crippen molar-refractivity contribution in [2.24, 2.45) is 5.84 Å². The van der Waals surface area contributed by atoms with Crippen LogP contribution in [0.1, 0.15) is 29.6 Å². The first-order chi connectivity index (χ1) is 10.2. The topological polar surface area (TPSA) is 61.6 Å². The fraction of sp³-hybridized carbons (Fsp3) is 0.533. The molecule has 0 bridgehead atoms. The van der Waals surface area contributed by atoms with E-state index in [1.54, 1.807) is 12.1 Å². The predicted octanol–water partition coefficient (Wildman–Crippen LogP) is 1.42. The molecule has 2 heterocycles. The Hall–Kier alpha value is -1.66. The van der Waals surface area contributed by atoms with Gasteiger partial charge >= 0.3 is 0 Å². The van der Waals surface area contributed by atoms with Crippen LogP contribution < -0.4 is 11.3 Å². The average molecular weight is 292 g/mol. The van der Waals surface area contributed by atoms with Gasteiger partial charge in [0, 0.05) is 25.7 Å². The van der Waals surface area contributed by atoms with E-state index in [9.17, 15) is 9.18 Å². The van der Waals surface area contributed by atoms with Gasteiger partial charge in [-0.15, -0.1) is 0 Å².